The van der Waals surface area contributed by atoms with Gasteiger partial charge in [0.15, 0.2) is 0 Å². The molecule has 0 amide bonds. The minimum absolute atomic E-state index is 0.869. The maximum absolute atomic E-state index is 8.74. The minimum Gasteiger partial charge on any atom is -0.457 e. The summed E-state index contributed by atoms with van der Waals surface area (Å²) in [4.78, 5) is 0. The summed E-state index contributed by atoms with van der Waals surface area (Å²) in [5.74, 6) is 1.74. The number of rotatable bonds is 4. The van der Waals surface area contributed by atoms with Gasteiger partial charge in [-0.15, -0.1) is 0 Å². The predicted molar refractivity (Wildman–Crippen MR) is 128 cm³/mol. The lowest BCUT2D eigenvalue weighted by Crippen LogP contribution is -1.89. The van der Waals surface area contributed by atoms with Crippen molar-refractivity contribution in [3.05, 3.63) is 139 Å². The molecule has 4 rings (SSSR count). The summed E-state index contributed by atoms with van der Waals surface area (Å²) in [6, 6.07) is 40.0. The van der Waals surface area contributed by atoms with Crippen LogP contribution in [0.5, 0.6) is 11.5 Å². The van der Waals surface area contributed by atoms with Crippen LogP contribution in [0.4, 0.5) is 0 Å². The molecule has 0 aliphatic carbocycles. The molecule has 4 aromatic carbocycles. The number of ether oxygens (including phenoxy) is 1. The molecule has 0 heterocycles. The molecular formula is C26H24O5S. The highest BCUT2D eigenvalue weighted by Crippen LogP contribution is 2.20. The molecule has 4 aromatic rings. The number of benzene rings is 4. The van der Waals surface area contributed by atoms with Gasteiger partial charge in [-0.05, 0) is 41.0 Å². The van der Waals surface area contributed by atoms with E-state index in [2.05, 4.69) is 30.8 Å². The first kappa shape index (κ1) is 24.6. The summed E-state index contributed by atoms with van der Waals surface area (Å²) >= 11 is 0. The van der Waals surface area contributed by atoms with Crippen LogP contribution in [0, 0.1) is 0 Å². The molecular weight excluding hydrogens is 424 g/mol. The van der Waals surface area contributed by atoms with E-state index in [1.54, 1.807) is 0 Å². The summed E-state index contributed by atoms with van der Waals surface area (Å²) in [5, 5.41) is 0. The quantitative estimate of drug-likeness (QED) is 0.345. The van der Waals surface area contributed by atoms with E-state index in [1.165, 1.54) is 11.1 Å². The second-order valence-electron chi connectivity index (χ2n) is 6.39. The summed E-state index contributed by atoms with van der Waals surface area (Å²) in [5.41, 5.74) is 3.43. The highest BCUT2D eigenvalue weighted by Gasteiger charge is 1.99. The molecule has 0 aromatic heterocycles. The molecule has 0 bridgehead atoms. The van der Waals surface area contributed by atoms with Crippen LogP contribution in [0.3, 0.4) is 0 Å². The Labute approximate surface area is 188 Å². The van der Waals surface area contributed by atoms with Gasteiger partial charge in [-0.25, -0.2) is 0 Å². The van der Waals surface area contributed by atoms with Gasteiger partial charge < -0.3 is 4.74 Å². The molecule has 2 N–H and O–H groups in total. The van der Waals surface area contributed by atoms with Crippen molar-refractivity contribution in [1.29, 1.82) is 0 Å². The fourth-order valence-corrected chi connectivity index (χ4v) is 2.56. The third-order valence-electron chi connectivity index (χ3n) is 3.97. The Hall–Kier alpha value is -3.71. The Morgan fingerprint density at radius 2 is 0.812 bits per heavy atom. The third kappa shape index (κ3) is 10.4. The van der Waals surface area contributed by atoms with Gasteiger partial charge in [0, 0.05) is 0 Å². The van der Waals surface area contributed by atoms with Crippen molar-refractivity contribution >= 4 is 16.0 Å². The van der Waals surface area contributed by atoms with E-state index in [4.69, 9.17) is 22.3 Å². The summed E-state index contributed by atoms with van der Waals surface area (Å²) in [6.07, 6.45) is 0. The average molecular weight is 449 g/mol. The van der Waals surface area contributed by atoms with Crippen LogP contribution in [0.1, 0.15) is 11.1 Å². The smallest absolute Gasteiger partial charge is 0.394 e. The number of hydrogen-bond donors (Lipinski definition) is 2. The Morgan fingerprint density at radius 3 is 1.09 bits per heavy atom. The lowest BCUT2D eigenvalue weighted by atomic mass is 10.0. The van der Waals surface area contributed by atoms with E-state index >= 15 is 0 Å². The van der Waals surface area contributed by atoms with Gasteiger partial charge in [-0.2, -0.15) is 8.42 Å². The first-order valence-corrected chi connectivity index (χ1v) is 11.0. The molecule has 0 radical (unpaired) electrons. The topological polar surface area (TPSA) is 83.8 Å². The van der Waals surface area contributed by atoms with Crippen LogP contribution in [-0.4, -0.2) is 17.5 Å². The molecule has 0 spiro atoms. The molecule has 0 atom stereocenters. The van der Waals surface area contributed by atoms with Crippen LogP contribution in [0.2, 0.25) is 0 Å². The van der Waals surface area contributed by atoms with E-state index in [-0.39, 0.29) is 0 Å². The van der Waals surface area contributed by atoms with Gasteiger partial charge in [0.2, 0.25) is 0 Å². The molecule has 0 saturated carbocycles. The lowest BCUT2D eigenvalue weighted by Gasteiger charge is -2.04. The number of hydrogen-bond acceptors (Lipinski definition) is 3. The first-order valence-electron chi connectivity index (χ1n) is 9.60. The van der Waals surface area contributed by atoms with Crippen molar-refractivity contribution in [2.75, 3.05) is 0 Å². The highest BCUT2D eigenvalue weighted by molar-refractivity contribution is 7.79. The maximum Gasteiger partial charge on any atom is 0.394 e. The van der Waals surface area contributed by atoms with Crippen molar-refractivity contribution in [3.63, 3.8) is 0 Å². The highest BCUT2D eigenvalue weighted by atomic mass is 32.3. The van der Waals surface area contributed by atoms with Crippen molar-refractivity contribution < 1.29 is 22.3 Å². The van der Waals surface area contributed by atoms with Crippen LogP contribution in [0.25, 0.3) is 5.57 Å². The van der Waals surface area contributed by atoms with Crippen LogP contribution >= 0.6 is 0 Å². The zero-order valence-electron chi connectivity index (χ0n) is 17.3. The van der Waals surface area contributed by atoms with Gasteiger partial charge in [0.1, 0.15) is 11.5 Å². The molecule has 0 fully saturated rings. The van der Waals surface area contributed by atoms with Gasteiger partial charge in [-0.3, -0.25) is 9.11 Å². The molecule has 0 unspecified atom stereocenters. The Kier molecular flexibility index (Phi) is 9.87. The van der Waals surface area contributed by atoms with E-state index in [0.717, 1.165) is 17.1 Å². The standard InChI is InChI=1S/C14H12.C12H10O.H2O4S/c1-12(13-8-4-2-5-9-13)14-10-6-3-7-11-14;1-3-7-11(8-4-1)13-12-9-5-2-6-10-12;1-5(2,3)4/h2-11H,1H2;1-10H;(H2,1,2,3,4). The first-order chi connectivity index (χ1) is 15.3. The summed E-state index contributed by atoms with van der Waals surface area (Å²) in [6.45, 7) is 4.10. The minimum atomic E-state index is -4.67. The largest absolute Gasteiger partial charge is 0.457 e. The maximum atomic E-state index is 8.74. The van der Waals surface area contributed by atoms with Crippen molar-refractivity contribution in [2.45, 2.75) is 0 Å². The van der Waals surface area contributed by atoms with E-state index in [9.17, 15) is 0 Å². The monoisotopic (exact) mass is 448 g/mol. The Morgan fingerprint density at radius 1 is 0.562 bits per heavy atom. The predicted octanol–water partition coefficient (Wildman–Crippen LogP) is 6.57. The van der Waals surface area contributed by atoms with Gasteiger partial charge in [0.05, 0.1) is 0 Å². The van der Waals surface area contributed by atoms with Crippen LogP contribution in [-0.2, 0) is 10.4 Å². The van der Waals surface area contributed by atoms with Crippen molar-refractivity contribution in [3.8, 4) is 11.5 Å². The third-order valence-corrected chi connectivity index (χ3v) is 3.97. The van der Waals surface area contributed by atoms with Gasteiger partial charge in [0.25, 0.3) is 0 Å². The second-order valence-corrected chi connectivity index (χ2v) is 7.28. The Bertz CT molecular complexity index is 1080. The van der Waals surface area contributed by atoms with E-state index in [1.807, 2.05) is 97.1 Å². The molecule has 5 nitrogen and oxygen atoms in total. The lowest BCUT2D eigenvalue weighted by molar-refractivity contribution is 0.381. The molecule has 0 aliphatic rings. The molecule has 6 heteroatoms. The normalized spacial score (nSPS) is 9.94. The summed E-state index contributed by atoms with van der Waals surface area (Å²) < 4.78 is 37.2. The SMILES string of the molecule is C=C(c1ccccc1)c1ccccc1.O=S(=O)(O)O.c1ccc(Oc2ccccc2)cc1. The fraction of sp³-hybridized carbons (Fsp3) is 0. The Balaban J connectivity index is 0.000000189. The van der Waals surface area contributed by atoms with Crippen LogP contribution in [0.15, 0.2) is 128 Å². The van der Waals surface area contributed by atoms with Crippen LogP contribution < -0.4 is 4.74 Å². The van der Waals surface area contributed by atoms with E-state index in [0.29, 0.717) is 0 Å². The zero-order valence-corrected chi connectivity index (χ0v) is 18.1. The van der Waals surface area contributed by atoms with Crippen molar-refractivity contribution in [2.24, 2.45) is 0 Å². The molecule has 164 valence electrons. The molecule has 32 heavy (non-hydrogen) atoms. The second kappa shape index (κ2) is 12.9. The molecule has 0 saturated heterocycles. The van der Waals surface area contributed by atoms with Gasteiger partial charge in [-0.1, -0.05) is 104 Å². The fourth-order valence-electron chi connectivity index (χ4n) is 2.56. The summed E-state index contributed by atoms with van der Waals surface area (Å²) in [7, 11) is -4.67. The van der Waals surface area contributed by atoms with Crippen molar-refractivity contribution in [1.82, 2.24) is 0 Å². The number of para-hydroxylation sites is 2. The molecule has 0 aliphatic heterocycles. The van der Waals surface area contributed by atoms with E-state index < -0.39 is 10.4 Å². The van der Waals surface area contributed by atoms with Gasteiger partial charge >= 0.3 is 10.4 Å². The zero-order chi connectivity index (χ0) is 23.2. The average Bonchev–Trinajstić information content (AvgIpc) is 2.80.